The van der Waals surface area contributed by atoms with Crippen molar-refractivity contribution in [2.45, 2.75) is 12.6 Å². The van der Waals surface area contributed by atoms with Crippen molar-refractivity contribution in [3.05, 3.63) is 58.3 Å². The van der Waals surface area contributed by atoms with Gasteiger partial charge in [-0.25, -0.2) is 0 Å². The van der Waals surface area contributed by atoms with Gasteiger partial charge < -0.3 is 10.5 Å². The third-order valence-electron chi connectivity index (χ3n) is 3.43. The third-order valence-corrected chi connectivity index (χ3v) is 3.87. The normalized spacial score (nSPS) is 12.4. The summed E-state index contributed by atoms with van der Waals surface area (Å²) in [6.07, 6.45) is 3.64. The maximum Gasteiger partial charge on any atom is 0.119 e. The van der Waals surface area contributed by atoms with Crippen LogP contribution in [0.4, 0.5) is 0 Å². The Bertz CT molecular complexity index is 591. The van der Waals surface area contributed by atoms with Crippen LogP contribution >= 0.6 is 15.9 Å². The van der Waals surface area contributed by atoms with Crippen LogP contribution in [0.25, 0.3) is 0 Å². The van der Waals surface area contributed by atoms with Gasteiger partial charge in [0.1, 0.15) is 5.75 Å². The number of methoxy groups -OCH3 is 1. The van der Waals surface area contributed by atoms with Crippen molar-refractivity contribution in [2.75, 3.05) is 20.7 Å². The second-order valence-corrected chi connectivity index (χ2v) is 5.87. The minimum atomic E-state index is 0.126. The van der Waals surface area contributed by atoms with E-state index in [1.165, 1.54) is 5.56 Å². The number of nitrogens with zero attached hydrogens (tertiary/aromatic N) is 2. The zero-order chi connectivity index (χ0) is 15.2. The van der Waals surface area contributed by atoms with Crippen molar-refractivity contribution in [3.8, 4) is 5.75 Å². The number of pyridine rings is 1. The molecule has 0 bridgehead atoms. The van der Waals surface area contributed by atoms with Gasteiger partial charge in [-0.1, -0.05) is 12.1 Å². The van der Waals surface area contributed by atoms with Gasteiger partial charge in [0.15, 0.2) is 0 Å². The lowest BCUT2D eigenvalue weighted by atomic mass is 10.1. The van der Waals surface area contributed by atoms with E-state index in [2.05, 4.69) is 45.0 Å². The molecule has 0 aliphatic heterocycles. The van der Waals surface area contributed by atoms with Crippen LogP contribution < -0.4 is 10.5 Å². The van der Waals surface area contributed by atoms with Crippen LogP contribution in [0, 0.1) is 0 Å². The number of nitrogens with two attached hydrogens (primary N) is 1. The molecule has 2 N–H and O–H groups in total. The summed E-state index contributed by atoms with van der Waals surface area (Å²) in [6.45, 7) is 1.34. The molecule has 0 radical (unpaired) electrons. The van der Waals surface area contributed by atoms with Crippen LogP contribution in [0.3, 0.4) is 0 Å². The van der Waals surface area contributed by atoms with Crippen LogP contribution in [-0.4, -0.2) is 30.6 Å². The smallest absolute Gasteiger partial charge is 0.119 e. The summed E-state index contributed by atoms with van der Waals surface area (Å²) in [5, 5.41) is 0. The highest BCUT2D eigenvalue weighted by Gasteiger charge is 2.16. The highest BCUT2D eigenvalue weighted by Crippen LogP contribution is 2.23. The topological polar surface area (TPSA) is 51.4 Å². The van der Waals surface area contributed by atoms with E-state index in [0.717, 1.165) is 22.3 Å². The van der Waals surface area contributed by atoms with Gasteiger partial charge in [-0.2, -0.15) is 0 Å². The number of likely N-dealkylation sites (N-methyl/N-ethyl adjacent to an activating group) is 1. The van der Waals surface area contributed by atoms with Crippen LogP contribution in [0.2, 0.25) is 0 Å². The zero-order valence-electron chi connectivity index (χ0n) is 12.3. The van der Waals surface area contributed by atoms with Gasteiger partial charge in [-0.15, -0.1) is 0 Å². The van der Waals surface area contributed by atoms with Crippen molar-refractivity contribution < 1.29 is 4.74 Å². The molecule has 0 saturated carbocycles. The van der Waals surface area contributed by atoms with Gasteiger partial charge in [0.25, 0.3) is 0 Å². The predicted molar refractivity (Wildman–Crippen MR) is 88.2 cm³/mol. The molecule has 4 nitrogen and oxygen atoms in total. The molecular weight excluding hydrogens is 330 g/mol. The van der Waals surface area contributed by atoms with E-state index in [4.69, 9.17) is 10.5 Å². The average molecular weight is 350 g/mol. The monoisotopic (exact) mass is 349 g/mol. The van der Waals surface area contributed by atoms with E-state index in [1.54, 1.807) is 13.3 Å². The molecule has 0 spiro atoms. The van der Waals surface area contributed by atoms with Crippen LogP contribution in [-0.2, 0) is 6.54 Å². The molecule has 0 saturated heterocycles. The fraction of sp³-hybridized carbons (Fsp3) is 0.312. The number of aromatic nitrogens is 1. The first-order valence-corrected chi connectivity index (χ1v) is 7.57. The van der Waals surface area contributed by atoms with Crippen molar-refractivity contribution in [3.63, 3.8) is 0 Å². The first-order chi connectivity index (χ1) is 10.1. The third kappa shape index (κ3) is 4.27. The second-order valence-electron chi connectivity index (χ2n) is 4.95. The molecule has 2 rings (SSSR count). The molecular formula is C16H20BrN3O. The van der Waals surface area contributed by atoms with Crippen molar-refractivity contribution in [2.24, 2.45) is 5.73 Å². The van der Waals surface area contributed by atoms with E-state index in [9.17, 15) is 0 Å². The molecule has 0 fully saturated rings. The SMILES string of the molecule is COc1cccc(CN(C)C(CN)c2cncc(Br)c2)c1. The number of hydrogen-bond acceptors (Lipinski definition) is 4. The Morgan fingerprint density at radius 1 is 1.33 bits per heavy atom. The highest BCUT2D eigenvalue weighted by molar-refractivity contribution is 9.10. The molecule has 0 aliphatic rings. The Kier molecular flexibility index (Phi) is 5.73. The van der Waals surface area contributed by atoms with E-state index in [0.29, 0.717) is 6.54 Å². The maximum absolute atomic E-state index is 5.96. The van der Waals surface area contributed by atoms with Crippen molar-refractivity contribution >= 4 is 15.9 Å². The van der Waals surface area contributed by atoms with Crippen LogP contribution in [0.1, 0.15) is 17.2 Å². The quantitative estimate of drug-likeness (QED) is 0.870. The molecule has 1 unspecified atom stereocenters. The van der Waals surface area contributed by atoms with E-state index >= 15 is 0 Å². The van der Waals surface area contributed by atoms with Gasteiger partial charge in [-0.3, -0.25) is 9.88 Å². The summed E-state index contributed by atoms with van der Waals surface area (Å²) in [6, 6.07) is 10.3. The minimum Gasteiger partial charge on any atom is -0.497 e. The Balaban J connectivity index is 2.14. The fourth-order valence-electron chi connectivity index (χ4n) is 2.35. The van der Waals surface area contributed by atoms with Gasteiger partial charge in [0, 0.05) is 36.0 Å². The lowest BCUT2D eigenvalue weighted by Crippen LogP contribution is -2.30. The maximum atomic E-state index is 5.96. The molecule has 5 heteroatoms. The number of hydrogen-bond donors (Lipinski definition) is 1. The first-order valence-electron chi connectivity index (χ1n) is 6.77. The Hall–Kier alpha value is -1.43. The van der Waals surface area contributed by atoms with E-state index in [1.807, 2.05) is 24.4 Å². The molecule has 112 valence electrons. The molecule has 0 aliphatic carbocycles. The van der Waals surface area contributed by atoms with E-state index in [-0.39, 0.29) is 6.04 Å². The Morgan fingerprint density at radius 2 is 2.14 bits per heavy atom. The Labute approximate surface area is 134 Å². The molecule has 1 aromatic carbocycles. The number of halogens is 1. The molecule has 1 atom stereocenters. The molecule has 1 aromatic heterocycles. The summed E-state index contributed by atoms with van der Waals surface area (Å²) in [5.74, 6) is 0.870. The molecule has 1 heterocycles. The largest absolute Gasteiger partial charge is 0.497 e. The molecule has 21 heavy (non-hydrogen) atoms. The number of ether oxygens (including phenoxy) is 1. The lowest BCUT2D eigenvalue weighted by molar-refractivity contribution is 0.241. The van der Waals surface area contributed by atoms with Crippen LogP contribution in [0.5, 0.6) is 5.75 Å². The van der Waals surface area contributed by atoms with Gasteiger partial charge in [0.05, 0.1) is 7.11 Å². The summed E-state index contributed by atoms with van der Waals surface area (Å²) in [5.41, 5.74) is 8.26. The highest BCUT2D eigenvalue weighted by atomic mass is 79.9. The number of benzene rings is 1. The second kappa shape index (κ2) is 7.54. The van der Waals surface area contributed by atoms with Gasteiger partial charge in [-0.05, 0) is 52.3 Å². The number of rotatable bonds is 6. The lowest BCUT2D eigenvalue weighted by Gasteiger charge is -2.27. The molecule has 2 aromatic rings. The summed E-state index contributed by atoms with van der Waals surface area (Å²) >= 11 is 3.46. The summed E-state index contributed by atoms with van der Waals surface area (Å²) in [7, 11) is 3.75. The minimum absolute atomic E-state index is 0.126. The zero-order valence-corrected chi connectivity index (χ0v) is 13.9. The Morgan fingerprint density at radius 3 is 2.81 bits per heavy atom. The van der Waals surface area contributed by atoms with Gasteiger partial charge in [0.2, 0.25) is 0 Å². The first kappa shape index (κ1) is 15.9. The fourth-order valence-corrected chi connectivity index (χ4v) is 2.73. The summed E-state index contributed by atoms with van der Waals surface area (Å²) in [4.78, 5) is 6.44. The van der Waals surface area contributed by atoms with E-state index < -0.39 is 0 Å². The van der Waals surface area contributed by atoms with Crippen molar-refractivity contribution in [1.29, 1.82) is 0 Å². The summed E-state index contributed by atoms with van der Waals surface area (Å²) < 4.78 is 6.23. The predicted octanol–water partition coefficient (Wildman–Crippen LogP) is 2.98. The molecule has 0 amide bonds. The van der Waals surface area contributed by atoms with Crippen LogP contribution in [0.15, 0.2) is 47.2 Å². The average Bonchev–Trinajstić information content (AvgIpc) is 2.48. The standard InChI is InChI=1S/C16H20BrN3O/c1-20(11-12-4-3-5-15(6-12)21-2)16(8-18)13-7-14(17)10-19-9-13/h3-7,9-10,16H,8,11,18H2,1-2H3. The van der Waals surface area contributed by atoms with Crippen molar-refractivity contribution in [1.82, 2.24) is 9.88 Å². The van der Waals surface area contributed by atoms with Gasteiger partial charge >= 0.3 is 0 Å².